The Morgan fingerprint density at radius 3 is 2.32 bits per heavy atom. The summed E-state index contributed by atoms with van der Waals surface area (Å²) in [5.41, 5.74) is 4.21. The minimum atomic E-state index is -1.10. The lowest BCUT2D eigenvalue weighted by Gasteiger charge is -2.19. The molecule has 0 aliphatic rings. The quantitative estimate of drug-likeness (QED) is 0.401. The Morgan fingerprint density at radius 1 is 0.971 bits per heavy atom. The van der Waals surface area contributed by atoms with Crippen molar-refractivity contribution in [2.75, 3.05) is 0 Å². The van der Waals surface area contributed by atoms with Gasteiger partial charge in [0.2, 0.25) is 0 Å². The van der Waals surface area contributed by atoms with Gasteiger partial charge in [0.25, 0.3) is 0 Å². The summed E-state index contributed by atoms with van der Waals surface area (Å²) >= 11 is 0. The number of hydrogen-bond donors (Lipinski definition) is 2. The fourth-order valence-corrected chi connectivity index (χ4v) is 3.59. The minimum absolute atomic E-state index is 0.0303. The smallest absolute Gasteiger partial charge is 0.407 e. The van der Waals surface area contributed by atoms with Gasteiger partial charge in [0.1, 0.15) is 5.60 Å². The molecule has 7 nitrogen and oxygen atoms in total. The van der Waals surface area contributed by atoms with Crippen molar-refractivity contribution in [3.8, 4) is 22.4 Å². The molecule has 0 bridgehead atoms. The van der Waals surface area contributed by atoms with Crippen LogP contribution in [0.25, 0.3) is 33.3 Å². The lowest BCUT2D eigenvalue weighted by molar-refractivity contribution is 0.0523. The highest BCUT2D eigenvalue weighted by molar-refractivity contribution is 6.03. The number of ether oxygens (including phenoxy) is 1. The number of rotatable bonds is 5. The van der Waals surface area contributed by atoms with E-state index in [4.69, 9.17) is 9.72 Å². The Balaban J connectivity index is 1.71. The van der Waals surface area contributed by atoms with E-state index >= 15 is 0 Å². The molecule has 2 N–H and O–H groups in total. The summed E-state index contributed by atoms with van der Waals surface area (Å²) in [6.07, 6.45) is 0.984. The summed E-state index contributed by atoms with van der Waals surface area (Å²) in [5, 5.41) is 12.8. The molecule has 0 spiro atoms. The summed E-state index contributed by atoms with van der Waals surface area (Å²) < 4.78 is 5.28. The first kappa shape index (κ1) is 22.9. The van der Waals surface area contributed by atoms with E-state index in [1.807, 2.05) is 81.4 Å². The largest absolute Gasteiger partial charge is 0.476 e. The Morgan fingerprint density at radius 2 is 1.68 bits per heavy atom. The summed E-state index contributed by atoms with van der Waals surface area (Å²) in [6.45, 7) is 5.78. The van der Waals surface area contributed by atoms with E-state index in [0.29, 0.717) is 17.4 Å². The predicted octanol–water partition coefficient (Wildman–Crippen LogP) is 5.69. The number of alkyl carbamates (subject to hydrolysis) is 1. The molecule has 0 radical (unpaired) electrons. The lowest BCUT2D eigenvalue weighted by atomic mass is 9.96. The lowest BCUT2D eigenvalue weighted by Crippen LogP contribution is -2.32. The fraction of sp³-hybridized carbons (Fsp3) is 0.185. The van der Waals surface area contributed by atoms with Crippen LogP contribution in [0.3, 0.4) is 0 Å². The summed E-state index contributed by atoms with van der Waals surface area (Å²) in [5.74, 6) is -1.10. The van der Waals surface area contributed by atoms with Crippen LogP contribution in [-0.4, -0.2) is 32.7 Å². The van der Waals surface area contributed by atoms with Crippen molar-refractivity contribution in [3.63, 3.8) is 0 Å². The standard InChI is InChI=1S/C27H25N3O4/c1-27(2,3)34-26(33)29-16-17-9-11-19(12-10-17)23-20(18-7-5-4-6-8-18)15-21-22(30-23)13-14-28-24(21)25(31)32/h4-15H,16H2,1-3H3,(H,29,33)(H,31,32). The normalized spacial score (nSPS) is 11.3. The molecule has 0 aliphatic carbocycles. The van der Waals surface area contributed by atoms with Crippen molar-refractivity contribution in [1.29, 1.82) is 0 Å². The number of carboxylic acid groups (broad SMARTS) is 1. The number of nitrogens with zero attached hydrogens (tertiary/aromatic N) is 2. The van der Waals surface area contributed by atoms with Gasteiger partial charge in [-0.25, -0.2) is 19.6 Å². The number of carbonyl (C=O) groups is 2. The molecule has 4 aromatic rings. The number of fused-ring (bicyclic) bond motifs is 1. The monoisotopic (exact) mass is 455 g/mol. The second-order valence-electron chi connectivity index (χ2n) is 8.83. The number of aromatic carboxylic acids is 1. The van der Waals surface area contributed by atoms with Crippen molar-refractivity contribution in [3.05, 3.63) is 84.2 Å². The number of carboxylic acids is 1. The first-order valence-electron chi connectivity index (χ1n) is 10.9. The summed E-state index contributed by atoms with van der Waals surface area (Å²) in [4.78, 5) is 32.5. The van der Waals surface area contributed by atoms with Gasteiger partial charge in [-0.05, 0) is 44.0 Å². The van der Waals surface area contributed by atoms with Crippen LogP contribution in [0, 0.1) is 0 Å². The Kier molecular flexibility index (Phi) is 6.27. The van der Waals surface area contributed by atoms with E-state index in [9.17, 15) is 14.7 Å². The number of hydrogen-bond acceptors (Lipinski definition) is 5. The number of aromatic nitrogens is 2. The van der Waals surface area contributed by atoms with E-state index in [1.165, 1.54) is 6.20 Å². The Bertz CT molecular complexity index is 1340. The fourth-order valence-electron chi connectivity index (χ4n) is 3.59. The van der Waals surface area contributed by atoms with Crippen LogP contribution < -0.4 is 5.32 Å². The zero-order valence-corrected chi connectivity index (χ0v) is 19.2. The van der Waals surface area contributed by atoms with Crippen LogP contribution in [0.1, 0.15) is 36.8 Å². The molecule has 0 atom stereocenters. The number of benzene rings is 2. The molecular formula is C27H25N3O4. The van der Waals surface area contributed by atoms with Gasteiger partial charge in [0.15, 0.2) is 5.69 Å². The Labute approximate surface area is 197 Å². The van der Waals surface area contributed by atoms with Crippen molar-refractivity contribution in [2.45, 2.75) is 32.9 Å². The van der Waals surface area contributed by atoms with Crippen LogP contribution in [0.2, 0.25) is 0 Å². The zero-order chi connectivity index (χ0) is 24.3. The van der Waals surface area contributed by atoms with Crippen molar-refractivity contribution in [1.82, 2.24) is 15.3 Å². The van der Waals surface area contributed by atoms with Crippen LogP contribution in [0.15, 0.2) is 72.9 Å². The Hall–Kier alpha value is -4.26. The number of pyridine rings is 2. The molecule has 4 rings (SSSR count). The molecule has 0 unspecified atom stereocenters. The molecule has 1 amide bonds. The average molecular weight is 456 g/mol. The van der Waals surface area contributed by atoms with E-state index in [2.05, 4.69) is 10.3 Å². The third-order valence-electron chi connectivity index (χ3n) is 5.09. The maximum Gasteiger partial charge on any atom is 0.407 e. The predicted molar refractivity (Wildman–Crippen MR) is 130 cm³/mol. The highest BCUT2D eigenvalue weighted by Crippen LogP contribution is 2.34. The molecule has 0 fully saturated rings. The first-order chi connectivity index (χ1) is 16.2. The van der Waals surface area contributed by atoms with Crippen LogP contribution in [-0.2, 0) is 11.3 Å². The van der Waals surface area contributed by atoms with E-state index < -0.39 is 17.7 Å². The van der Waals surface area contributed by atoms with Gasteiger partial charge in [0, 0.05) is 29.3 Å². The third kappa shape index (κ3) is 5.20. The topological polar surface area (TPSA) is 101 Å². The zero-order valence-electron chi connectivity index (χ0n) is 19.2. The minimum Gasteiger partial charge on any atom is -0.476 e. The maximum absolute atomic E-state index is 11.9. The van der Waals surface area contributed by atoms with Crippen LogP contribution in [0.5, 0.6) is 0 Å². The first-order valence-corrected chi connectivity index (χ1v) is 10.9. The molecular weight excluding hydrogens is 430 g/mol. The van der Waals surface area contributed by atoms with Crippen LogP contribution >= 0.6 is 0 Å². The van der Waals surface area contributed by atoms with Gasteiger partial charge in [-0.1, -0.05) is 54.6 Å². The van der Waals surface area contributed by atoms with Crippen molar-refractivity contribution < 1.29 is 19.4 Å². The third-order valence-corrected chi connectivity index (χ3v) is 5.09. The number of carbonyl (C=O) groups excluding carboxylic acids is 1. The molecule has 7 heteroatoms. The number of nitrogens with one attached hydrogen (secondary N) is 1. The highest BCUT2D eigenvalue weighted by Gasteiger charge is 2.17. The van der Waals surface area contributed by atoms with Gasteiger partial charge in [-0.2, -0.15) is 0 Å². The molecule has 0 saturated carbocycles. The van der Waals surface area contributed by atoms with Gasteiger partial charge in [-0.3, -0.25) is 0 Å². The SMILES string of the molecule is CC(C)(C)OC(=O)NCc1ccc(-c2nc3ccnc(C(=O)O)c3cc2-c2ccccc2)cc1. The average Bonchev–Trinajstić information content (AvgIpc) is 2.81. The maximum atomic E-state index is 11.9. The van der Waals surface area contributed by atoms with Gasteiger partial charge >= 0.3 is 12.1 Å². The molecule has 172 valence electrons. The van der Waals surface area contributed by atoms with Gasteiger partial charge in [0.05, 0.1) is 11.2 Å². The highest BCUT2D eigenvalue weighted by atomic mass is 16.6. The molecule has 0 saturated heterocycles. The van der Waals surface area contributed by atoms with Crippen molar-refractivity contribution in [2.24, 2.45) is 0 Å². The molecule has 34 heavy (non-hydrogen) atoms. The second kappa shape index (κ2) is 9.31. The molecule has 0 aliphatic heterocycles. The molecule has 2 heterocycles. The van der Waals surface area contributed by atoms with E-state index in [-0.39, 0.29) is 5.69 Å². The summed E-state index contributed by atoms with van der Waals surface area (Å²) in [6, 6.07) is 21.0. The van der Waals surface area contributed by atoms with Crippen molar-refractivity contribution >= 4 is 23.0 Å². The van der Waals surface area contributed by atoms with E-state index in [1.54, 1.807) is 6.07 Å². The van der Waals surface area contributed by atoms with Crippen LogP contribution in [0.4, 0.5) is 4.79 Å². The second-order valence-corrected chi connectivity index (χ2v) is 8.83. The molecule has 2 aromatic carbocycles. The van der Waals surface area contributed by atoms with E-state index in [0.717, 1.165) is 27.9 Å². The molecule has 2 aromatic heterocycles. The summed E-state index contributed by atoms with van der Waals surface area (Å²) in [7, 11) is 0. The van der Waals surface area contributed by atoms with Gasteiger partial charge in [-0.15, -0.1) is 0 Å². The van der Waals surface area contributed by atoms with Gasteiger partial charge < -0.3 is 15.2 Å². The number of amides is 1.